The van der Waals surface area contributed by atoms with E-state index in [2.05, 4.69) is 15.0 Å². The van der Waals surface area contributed by atoms with Gasteiger partial charge in [-0.3, -0.25) is 4.79 Å². The maximum absolute atomic E-state index is 13.2. The zero-order chi connectivity index (χ0) is 20.9. The first-order valence-corrected chi connectivity index (χ1v) is 8.61. The summed E-state index contributed by atoms with van der Waals surface area (Å²) in [5.74, 6) is -0.905. The van der Waals surface area contributed by atoms with E-state index in [9.17, 15) is 22.4 Å². The molecule has 0 radical (unpaired) electrons. The normalized spacial score (nSPS) is 11.4. The predicted molar refractivity (Wildman–Crippen MR) is 98.7 cm³/mol. The number of halogens is 4. The number of nitrogens with one attached hydrogen (secondary N) is 1. The minimum Gasteiger partial charge on any atom is -0.362 e. The molecule has 29 heavy (non-hydrogen) atoms. The molecule has 3 rings (SSSR count). The Labute approximate surface area is 163 Å². The third-order valence-electron chi connectivity index (χ3n) is 3.91. The maximum Gasteiger partial charge on any atom is 0.411 e. The highest BCUT2D eigenvalue weighted by atomic mass is 19.4. The van der Waals surface area contributed by atoms with Gasteiger partial charge in [0, 0.05) is 5.56 Å². The number of anilines is 1. The van der Waals surface area contributed by atoms with E-state index in [-0.39, 0.29) is 5.82 Å². The molecule has 0 saturated heterocycles. The molecule has 0 atom stereocenters. The van der Waals surface area contributed by atoms with Gasteiger partial charge in [0.15, 0.2) is 0 Å². The Bertz CT molecular complexity index is 954. The highest BCUT2D eigenvalue weighted by molar-refractivity contribution is 5.94. The summed E-state index contributed by atoms with van der Waals surface area (Å²) in [4.78, 5) is 16.4. The molecule has 1 N–H and O–H groups in total. The Morgan fingerprint density at radius 3 is 2.41 bits per heavy atom. The van der Waals surface area contributed by atoms with Crippen LogP contribution in [0.3, 0.4) is 0 Å². The average molecular weight is 407 g/mol. The van der Waals surface area contributed by atoms with Gasteiger partial charge >= 0.3 is 6.18 Å². The molecule has 0 unspecified atom stereocenters. The van der Waals surface area contributed by atoms with Gasteiger partial charge in [0.1, 0.15) is 30.5 Å². The fraction of sp³-hybridized carbons (Fsp3) is 0.200. The van der Waals surface area contributed by atoms with Crippen LogP contribution in [0.5, 0.6) is 0 Å². The molecule has 0 saturated carbocycles. The van der Waals surface area contributed by atoms with Crippen LogP contribution < -0.4 is 5.32 Å². The van der Waals surface area contributed by atoms with E-state index in [0.29, 0.717) is 17.8 Å². The number of carbonyl (C=O) groups is 1. The van der Waals surface area contributed by atoms with E-state index in [1.54, 1.807) is 4.57 Å². The van der Waals surface area contributed by atoms with Gasteiger partial charge in [0.25, 0.3) is 5.91 Å². The Kier molecular flexibility index (Phi) is 6.28. The number of hydrogen-bond donors (Lipinski definition) is 1. The van der Waals surface area contributed by atoms with Crippen LogP contribution in [0.15, 0.2) is 60.9 Å². The summed E-state index contributed by atoms with van der Waals surface area (Å²) in [5.41, 5.74) is 1.84. The number of benzene rings is 2. The number of aromatic nitrogens is 2. The van der Waals surface area contributed by atoms with Crippen LogP contribution in [0.1, 0.15) is 5.56 Å². The second-order valence-electron chi connectivity index (χ2n) is 6.22. The van der Waals surface area contributed by atoms with Gasteiger partial charge in [-0.2, -0.15) is 13.2 Å². The lowest BCUT2D eigenvalue weighted by Gasteiger charge is -2.13. The highest BCUT2D eigenvalue weighted by Gasteiger charge is 2.28. The number of amides is 1. The fourth-order valence-corrected chi connectivity index (χ4v) is 2.66. The van der Waals surface area contributed by atoms with Crippen molar-refractivity contribution >= 4 is 11.7 Å². The van der Waals surface area contributed by atoms with Crippen LogP contribution in [0.25, 0.3) is 11.3 Å². The molecule has 0 aliphatic rings. The molecule has 1 heterocycles. The quantitative estimate of drug-likeness (QED) is 0.596. The summed E-state index contributed by atoms with van der Waals surface area (Å²) in [5, 5.41) is 2.55. The van der Waals surface area contributed by atoms with Gasteiger partial charge in [-0.15, -0.1) is 0 Å². The van der Waals surface area contributed by atoms with Crippen LogP contribution in [-0.2, 0) is 16.1 Å². The molecule has 0 aliphatic heterocycles. The molecule has 1 amide bonds. The summed E-state index contributed by atoms with van der Waals surface area (Å²) in [6, 6.07) is 14.9. The first-order chi connectivity index (χ1) is 13.8. The second-order valence-corrected chi connectivity index (χ2v) is 6.22. The van der Waals surface area contributed by atoms with Crippen molar-refractivity contribution in [2.75, 3.05) is 18.5 Å². The average Bonchev–Trinajstić information content (AvgIpc) is 3.04. The zero-order valence-electron chi connectivity index (χ0n) is 15.1. The smallest absolute Gasteiger partial charge is 0.362 e. The molecule has 2 aromatic carbocycles. The Morgan fingerprint density at radius 1 is 1.07 bits per heavy atom. The highest BCUT2D eigenvalue weighted by Crippen LogP contribution is 2.28. The van der Waals surface area contributed by atoms with Crippen molar-refractivity contribution in [3.63, 3.8) is 0 Å². The third kappa shape index (κ3) is 5.89. The van der Waals surface area contributed by atoms with Gasteiger partial charge in [-0.1, -0.05) is 30.3 Å². The van der Waals surface area contributed by atoms with Crippen molar-refractivity contribution in [2.45, 2.75) is 12.7 Å². The van der Waals surface area contributed by atoms with Crippen molar-refractivity contribution in [1.29, 1.82) is 0 Å². The number of carbonyl (C=O) groups excluding carboxylic acids is 1. The van der Waals surface area contributed by atoms with Crippen LogP contribution in [-0.4, -0.2) is 34.8 Å². The van der Waals surface area contributed by atoms with Gasteiger partial charge in [0.05, 0.1) is 12.9 Å². The van der Waals surface area contributed by atoms with Gasteiger partial charge in [-0.05, 0) is 29.8 Å². The maximum atomic E-state index is 13.2. The molecule has 3 aromatic rings. The monoisotopic (exact) mass is 407 g/mol. The van der Waals surface area contributed by atoms with E-state index in [4.69, 9.17) is 0 Å². The number of rotatable bonds is 7. The van der Waals surface area contributed by atoms with E-state index >= 15 is 0 Å². The van der Waals surface area contributed by atoms with Crippen molar-refractivity contribution in [3.8, 4) is 11.3 Å². The zero-order valence-corrected chi connectivity index (χ0v) is 15.1. The summed E-state index contributed by atoms with van der Waals surface area (Å²) in [6.07, 6.45) is -3.02. The largest absolute Gasteiger partial charge is 0.411 e. The molecular formula is C20H17F4N3O2. The molecule has 5 nitrogen and oxygen atoms in total. The third-order valence-corrected chi connectivity index (χ3v) is 3.91. The SMILES string of the molecule is O=C(COCC(F)(F)F)Nc1c(-c2ccc(F)cc2)ncn1Cc1ccccc1. The summed E-state index contributed by atoms with van der Waals surface area (Å²) in [7, 11) is 0. The fourth-order valence-electron chi connectivity index (χ4n) is 2.66. The molecule has 0 spiro atoms. The second kappa shape index (κ2) is 8.87. The Morgan fingerprint density at radius 2 is 1.76 bits per heavy atom. The molecule has 0 fully saturated rings. The predicted octanol–water partition coefficient (Wildman–Crippen LogP) is 4.25. The number of alkyl halides is 3. The van der Waals surface area contributed by atoms with Gasteiger partial charge in [-0.25, -0.2) is 9.37 Å². The first-order valence-electron chi connectivity index (χ1n) is 8.61. The molecular weight excluding hydrogens is 390 g/mol. The molecule has 0 bridgehead atoms. The molecule has 152 valence electrons. The van der Waals surface area contributed by atoms with E-state index in [0.717, 1.165) is 5.56 Å². The number of imidazole rings is 1. The number of nitrogens with zero attached hydrogens (tertiary/aromatic N) is 2. The van der Waals surface area contributed by atoms with Crippen LogP contribution >= 0.6 is 0 Å². The van der Waals surface area contributed by atoms with Crippen molar-refractivity contribution in [2.24, 2.45) is 0 Å². The van der Waals surface area contributed by atoms with Crippen molar-refractivity contribution in [1.82, 2.24) is 9.55 Å². The van der Waals surface area contributed by atoms with E-state index in [1.807, 2.05) is 30.3 Å². The molecule has 1 aromatic heterocycles. The Balaban J connectivity index is 1.83. The molecule has 0 aliphatic carbocycles. The summed E-state index contributed by atoms with van der Waals surface area (Å²) in [6.45, 7) is -1.92. The van der Waals surface area contributed by atoms with Crippen LogP contribution in [0.2, 0.25) is 0 Å². The minimum atomic E-state index is -4.52. The van der Waals surface area contributed by atoms with Crippen LogP contribution in [0.4, 0.5) is 23.4 Å². The summed E-state index contributed by atoms with van der Waals surface area (Å²) >= 11 is 0. The number of hydrogen-bond acceptors (Lipinski definition) is 3. The standard InChI is InChI=1S/C20H17F4N3O2/c21-16-8-6-15(7-9-16)18-19(26-17(28)11-29-12-20(22,23)24)27(13-25-18)10-14-4-2-1-3-5-14/h1-9,13H,10-12H2,(H,26,28). The lowest BCUT2D eigenvalue weighted by atomic mass is 10.1. The van der Waals surface area contributed by atoms with Gasteiger partial charge in [0.2, 0.25) is 0 Å². The van der Waals surface area contributed by atoms with Gasteiger partial charge < -0.3 is 14.6 Å². The Hall–Kier alpha value is -3.20. The lowest BCUT2D eigenvalue weighted by molar-refractivity contribution is -0.174. The molecule has 9 heteroatoms. The van der Waals surface area contributed by atoms with Crippen molar-refractivity contribution in [3.05, 3.63) is 72.3 Å². The van der Waals surface area contributed by atoms with Crippen molar-refractivity contribution < 1.29 is 27.1 Å². The summed E-state index contributed by atoms with van der Waals surface area (Å²) < 4.78 is 55.9. The first kappa shape index (κ1) is 20.5. The topological polar surface area (TPSA) is 56.1 Å². The van der Waals surface area contributed by atoms with Crippen LogP contribution in [0, 0.1) is 5.82 Å². The lowest BCUT2D eigenvalue weighted by Crippen LogP contribution is -2.25. The minimum absolute atomic E-state index is 0.279. The van der Waals surface area contributed by atoms with E-state index in [1.165, 1.54) is 30.6 Å². The number of ether oxygens (including phenoxy) is 1. The van der Waals surface area contributed by atoms with E-state index < -0.39 is 31.1 Å².